The molecular weight excluding hydrogens is 449 g/mol. The van der Waals surface area contributed by atoms with Gasteiger partial charge >= 0.3 is 5.97 Å². The first kappa shape index (κ1) is 25.5. The lowest BCUT2D eigenvalue weighted by atomic mass is 9.80. The van der Waals surface area contributed by atoms with E-state index in [2.05, 4.69) is 15.4 Å². The lowest BCUT2D eigenvalue weighted by molar-refractivity contribution is -0.144. The van der Waals surface area contributed by atoms with Crippen molar-refractivity contribution in [2.45, 2.75) is 74.5 Å². The fraction of sp³-hybridized carbons (Fsp3) is 0.609. The van der Waals surface area contributed by atoms with Crippen molar-refractivity contribution in [1.29, 1.82) is 0 Å². The van der Waals surface area contributed by atoms with Gasteiger partial charge in [0, 0.05) is 18.0 Å². The minimum Gasteiger partial charge on any atom is -0.464 e. The first-order valence-electron chi connectivity index (χ1n) is 11.5. The normalized spacial score (nSPS) is 21.2. The van der Waals surface area contributed by atoms with Gasteiger partial charge in [-0.2, -0.15) is 0 Å². The molecular formula is C23H32FN3O5S. The van der Waals surface area contributed by atoms with Crippen molar-refractivity contribution >= 4 is 29.7 Å². The second kappa shape index (κ2) is 12.3. The van der Waals surface area contributed by atoms with Gasteiger partial charge in [0.05, 0.1) is 6.61 Å². The van der Waals surface area contributed by atoms with Crippen LogP contribution < -0.4 is 15.4 Å². The summed E-state index contributed by atoms with van der Waals surface area (Å²) in [7, 11) is 0. The van der Waals surface area contributed by atoms with E-state index in [0.29, 0.717) is 19.4 Å². The zero-order chi connectivity index (χ0) is 23.7. The maximum absolute atomic E-state index is 13.0. The number of hydrogen-bond acceptors (Lipinski definition) is 7. The van der Waals surface area contributed by atoms with Crippen LogP contribution in [-0.2, 0) is 23.9 Å². The number of nitrogens with one attached hydrogen (secondary N) is 3. The molecule has 2 atom stereocenters. The fourth-order valence-corrected chi connectivity index (χ4v) is 4.60. The molecule has 10 heteroatoms. The first-order valence-corrected chi connectivity index (χ1v) is 12.3. The van der Waals surface area contributed by atoms with Gasteiger partial charge in [0.15, 0.2) is 12.2 Å². The summed E-state index contributed by atoms with van der Waals surface area (Å²) in [6, 6.07) is 6.27. The van der Waals surface area contributed by atoms with Crippen molar-refractivity contribution < 1.29 is 28.2 Å². The molecule has 1 aliphatic heterocycles. The number of epoxide rings is 1. The second-order valence-corrected chi connectivity index (χ2v) is 9.24. The van der Waals surface area contributed by atoms with Crippen LogP contribution >= 0.6 is 11.9 Å². The van der Waals surface area contributed by atoms with Crippen LogP contribution in [0.15, 0.2) is 29.2 Å². The summed E-state index contributed by atoms with van der Waals surface area (Å²) < 4.78 is 26.2. The van der Waals surface area contributed by atoms with Crippen molar-refractivity contribution in [3.63, 3.8) is 0 Å². The van der Waals surface area contributed by atoms with Gasteiger partial charge in [-0.15, -0.1) is 0 Å². The van der Waals surface area contributed by atoms with Crippen LogP contribution in [0.5, 0.6) is 0 Å². The van der Waals surface area contributed by atoms with Gasteiger partial charge in [-0.05, 0) is 68.8 Å². The molecule has 0 unspecified atom stereocenters. The van der Waals surface area contributed by atoms with Crippen molar-refractivity contribution in [3.05, 3.63) is 30.1 Å². The third kappa shape index (κ3) is 7.41. The molecule has 1 saturated heterocycles. The predicted octanol–water partition coefficient (Wildman–Crippen LogP) is 2.47. The molecule has 33 heavy (non-hydrogen) atoms. The van der Waals surface area contributed by atoms with Crippen molar-refractivity contribution in [3.8, 4) is 0 Å². The monoisotopic (exact) mass is 481 g/mol. The van der Waals surface area contributed by atoms with E-state index < -0.39 is 29.6 Å². The van der Waals surface area contributed by atoms with Gasteiger partial charge < -0.3 is 20.1 Å². The van der Waals surface area contributed by atoms with E-state index in [0.717, 1.165) is 43.5 Å². The maximum Gasteiger partial charge on any atom is 0.338 e. The molecule has 1 aliphatic carbocycles. The van der Waals surface area contributed by atoms with Crippen LogP contribution in [-0.4, -0.2) is 55.2 Å². The molecule has 1 aromatic carbocycles. The van der Waals surface area contributed by atoms with Gasteiger partial charge in [0.25, 0.3) is 5.91 Å². The molecule has 3 rings (SSSR count). The quantitative estimate of drug-likeness (QED) is 0.182. The molecule has 1 aromatic rings. The molecule has 0 bridgehead atoms. The van der Waals surface area contributed by atoms with E-state index >= 15 is 0 Å². The molecule has 2 amide bonds. The Bertz CT molecular complexity index is 817. The number of esters is 1. The third-order valence-corrected chi connectivity index (χ3v) is 6.62. The Kier molecular flexibility index (Phi) is 9.52. The summed E-state index contributed by atoms with van der Waals surface area (Å²) in [6.45, 7) is 3.16. The Morgan fingerprint density at radius 2 is 1.79 bits per heavy atom. The zero-order valence-corrected chi connectivity index (χ0v) is 19.7. The standard InChI is InChI=1S/C23H32FN3O5S/c1-2-31-21(29)19-18(32-19)20(28)27-23(12-4-3-5-13-23)22(30)25-14-6-7-15-26-33-17-10-8-16(24)9-11-17/h8-11,18-19,26H,2-7,12-15H2,1H3,(H,25,30)(H,27,28)/t18-,19-/m0/s1. The summed E-state index contributed by atoms with van der Waals surface area (Å²) in [5.74, 6) is -1.43. The van der Waals surface area contributed by atoms with Gasteiger partial charge in [-0.1, -0.05) is 19.3 Å². The highest BCUT2D eigenvalue weighted by Gasteiger charge is 2.54. The fourth-order valence-electron chi connectivity index (χ4n) is 3.92. The van der Waals surface area contributed by atoms with Crippen LogP contribution in [0.4, 0.5) is 4.39 Å². The molecule has 0 spiro atoms. The average molecular weight is 482 g/mol. The smallest absolute Gasteiger partial charge is 0.338 e. The Hall–Kier alpha value is -2.17. The average Bonchev–Trinajstić information content (AvgIpc) is 3.62. The Morgan fingerprint density at radius 1 is 1.09 bits per heavy atom. The highest BCUT2D eigenvalue weighted by atomic mass is 32.2. The second-order valence-electron chi connectivity index (χ2n) is 8.27. The Labute approximate surface area is 197 Å². The summed E-state index contributed by atoms with van der Waals surface area (Å²) in [6.07, 6.45) is 3.72. The van der Waals surface area contributed by atoms with Crippen LogP contribution in [0.25, 0.3) is 0 Å². The third-order valence-electron chi connectivity index (χ3n) is 5.77. The molecule has 1 saturated carbocycles. The number of amides is 2. The lowest BCUT2D eigenvalue weighted by Crippen LogP contribution is -2.60. The van der Waals surface area contributed by atoms with E-state index in [-0.39, 0.29) is 18.3 Å². The maximum atomic E-state index is 13.0. The van der Waals surface area contributed by atoms with E-state index in [1.807, 2.05) is 0 Å². The summed E-state index contributed by atoms with van der Waals surface area (Å²) >= 11 is 1.44. The minimum absolute atomic E-state index is 0.183. The first-order chi connectivity index (χ1) is 15.9. The lowest BCUT2D eigenvalue weighted by Gasteiger charge is -2.36. The zero-order valence-electron chi connectivity index (χ0n) is 18.9. The highest BCUT2D eigenvalue weighted by Crippen LogP contribution is 2.31. The van der Waals surface area contributed by atoms with Gasteiger partial charge in [0.1, 0.15) is 11.4 Å². The predicted molar refractivity (Wildman–Crippen MR) is 122 cm³/mol. The number of carbonyl (C=O) groups is 3. The van der Waals surface area contributed by atoms with Crippen molar-refractivity contribution in [2.75, 3.05) is 19.7 Å². The van der Waals surface area contributed by atoms with Gasteiger partial charge in [0.2, 0.25) is 5.91 Å². The Balaban J connectivity index is 1.38. The highest BCUT2D eigenvalue weighted by molar-refractivity contribution is 7.97. The van der Waals surface area contributed by atoms with Gasteiger partial charge in [-0.3, -0.25) is 14.3 Å². The number of unbranched alkanes of at least 4 members (excludes halogenated alkanes) is 1. The van der Waals surface area contributed by atoms with E-state index in [4.69, 9.17) is 9.47 Å². The molecule has 3 N–H and O–H groups in total. The SMILES string of the molecule is CCOC(=O)[C@H]1O[C@@H]1C(=O)NC1(C(=O)NCCCCNSc2ccc(F)cc2)CCCCC1. The Morgan fingerprint density at radius 3 is 2.48 bits per heavy atom. The number of ether oxygens (including phenoxy) is 2. The number of halogens is 1. The molecule has 0 radical (unpaired) electrons. The number of carbonyl (C=O) groups excluding carboxylic acids is 3. The molecule has 8 nitrogen and oxygen atoms in total. The molecule has 2 fully saturated rings. The minimum atomic E-state index is -0.961. The van der Waals surface area contributed by atoms with E-state index in [1.54, 1.807) is 19.1 Å². The van der Waals surface area contributed by atoms with Gasteiger partial charge in [-0.25, -0.2) is 9.18 Å². The molecule has 182 valence electrons. The molecule has 0 aromatic heterocycles. The van der Waals surface area contributed by atoms with Crippen molar-refractivity contribution in [1.82, 2.24) is 15.4 Å². The summed E-state index contributed by atoms with van der Waals surface area (Å²) in [5, 5.41) is 5.84. The molecule has 1 heterocycles. The summed E-state index contributed by atoms with van der Waals surface area (Å²) in [5.41, 5.74) is -0.961. The number of hydrogen-bond donors (Lipinski definition) is 3. The van der Waals surface area contributed by atoms with E-state index in [9.17, 15) is 18.8 Å². The van der Waals surface area contributed by atoms with Crippen molar-refractivity contribution in [2.24, 2.45) is 0 Å². The topological polar surface area (TPSA) is 109 Å². The van der Waals surface area contributed by atoms with E-state index in [1.165, 1.54) is 24.1 Å². The summed E-state index contributed by atoms with van der Waals surface area (Å²) in [4.78, 5) is 38.3. The number of benzene rings is 1. The van der Waals surface area contributed by atoms with Crippen LogP contribution in [0, 0.1) is 5.82 Å². The largest absolute Gasteiger partial charge is 0.464 e. The number of rotatable bonds is 12. The van der Waals surface area contributed by atoms with Crippen LogP contribution in [0.2, 0.25) is 0 Å². The van der Waals surface area contributed by atoms with Crippen LogP contribution in [0.1, 0.15) is 51.9 Å². The molecule has 2 aliphatic rings. The van der Waals surface area contributed by atoms with Crippen LogP contribution in [0.3, 0.4) is 0 Å².